The molecule has 0 spiro atoms. The van der Waals surface area contributed by atoms with Gasteiger partial charge in [0.2, 0.25) is 0 Å². The van der Waals surface area contributed by atoms with Crippen molar-refractivity contribution < 1.29 is 9.72 Å². The Morgan fingerprint density at radius 2 is 2.27 bits per heavy atom. The fraction of sp³-hybridized carbons (Fsp3) is 0.111. The van der Waals surface area contributed by atoms with Crippen molar-refractivity contribution in [1.82, 2.24) is 0 Å². The van der Waals surface area contributed by atoms with Crippen molar-refractivity contribution in [2.75, 3.05) is 5.32 Å². The Kier molecular flexibility index (Phi) is 2.98. The summed E-state index contributed by atoms with van der Waals surface area (Å²) in [6, 6.07) is 3.90. The van der Waals surface area contributed by atoms with Crippen molar-refractivity contribution in [2.45, 2.75) is 6.92 Å². The van der Waals surface area contributed by atoms with Gasteiger partial charge >= 0.3 is 0 Å². The zero-order valence-electron chi connectivity index (χ0n) is 7.85. The molecule has 0 heterocycles. The van der Waals surface area contributed by atoms with E-state index in [1.165, 1.54) is 19.1 Å². The number of rotatable bonds is 3. The third kappa shape index (κ3) is 2.28. The second-order valence-corrected chi connectivity index (χ2v) is 2.78. The first-order valence-electron chi connectivity index (χ1n) is 4.00. The number of anilines is 1. The number of nitro benzene ring substituents is 1. The number of benzene rings is 1. The minimum atomic E-state index is -0.647. The highest BCUT2D eigenvalue weighted by atomic mass is 16.6. The van der Waals surface area contributed by atoms with Crippen molar-refractivity contribution in [1.29, 1.82) is 5.26 Å². The monoisotopic (exact) mass is 205 g/mol. The molecule has 6 nitrogen and oxygen atoms in total. The van der Waals surface area contributed by atoms with Crippen LogP contribution in [0.5, 0.6) is 0 Å². The van der Waals surface area contributed by atoms with E-state index in [4.69, 9.17) is 5.26 Å². The topological polar surface area (TPSA) is 96.0 Å². The highest BCUT2D eigenvalue weighted by molar-refractivity contribution is 5.95. The molecule has 0 unspecified atom stereocenters. The minimum Gasteiger partial charge on any atom is -0.295 e. The Morgan fingerprint density at radius 1 is 1.60 bits per heavy atom. The third-order valence-corrected chi connectivity index (χ3v) is 1.79. The fourth-order valence-corrected chi connectivity index (χ4v) is 1.07. The van der Waals surface area contributed by atoms with Crippen LogP contribution in [0.3, 0.4) is 0 Å². The Labute approximate surface area is 85.3 Å². The average Bonchev–Trinajstić information content (AvgIpc) is 2.18. The molecule has 0 saturated heterocycles. The highest BCUT2D eigenvalue weighted by Crippen LogP contribution is 2.25. The Morgan fingerprint density at radius 3 is 2.73 bits per heavy atom. The molecule has 15 heavy (non-hydrogen) atoms. The first kappa shape index (κ1) is 10.7. The molecular weight excluding hydrogens is 198 g/mol. The van der Waals surface area contributed by atoms with E-state index in [1.807, 2.05) is 0 Å². The van der Waals surface area contributed by atoms with Crippen LogP contribution < -0.4 is 5.32 Å². The van der Waals surface area contributed by atoms with E-state index < -0.39 is 4.92 Å². The molecule has 6 heteroatoms. The molecule has 0 aliphatic rings. The Bertz CT molecular complexity index is 462. The predicted molar refractivity (Wildman–Crippen MR) is 52.3 cm³/mol. The lowest BCUT2D eigenvalue weighted by atomic mass is 10.1. The molecule has 0 radical (unpaired) electrons. The smallest absolute Gasteiger partial charge is 0.294 e. The van der Waals surface area contributed by atoms with Gasteiger partial charge in [-0.1, -0.05) is 0 Å². The van der Waals surface area contributed by atoms with E-state index in [0.29, 0.717) is 0 Å². The lowest BCUT2D eigenvalue weighted by molar-refractivity contribution is -0.383. The number of hydrogen-bond acceptors (Lipinski definition) is 5. The van der Waals surface area contributed by atoms with Crippen molar-refractivity contribution >= 4 is 17.2 Å². The van der Waals surface area contributed by atoms with E-state index in [1.54, 1.807) is 6.19 Å². The quantitative estimate of drug-likeness (QED) is 0.266. The van der Waals surface area contributed by atoms with Crippen LogP contribution in [-0.4, -0.2) is 10.7 Å². The van der Waals surface area contributed by atoms with Crippen molar-refractivity contribution in [2.24, 2.45) is 0 Å². The van der Waals surface area contributed by atoms with Gasteiger partial charge in [0.1, 0.15) is 5.69 Å². The van der Waals surface area contributed by atoms with Gasteiger partial charge in [-0.25, -0.2) is 0 Å². The number of nitro groups is 1. The largest absolute Gasteiger partial charge is 0.295 e. The van der Waals surface area contributed by atoms with E-state index in [9.17, 15) is 14.9 Å². The lowest BCUT2D eigenvalue weighted by Gasteiger charge is -2.01. The summed E-state index contributed by atoms with van der Waals surface area (Å²) in [6.07, 6.45) is 1.59. The molecule has 0 bridgehead atoms. The number of nitriles is 1. The number of nitrogens with one attached hydrogen (secondary N) is 1. The molecule has 1 aromatic carbocycles. The summed E-state index contributed by atoms with van der Waals surface area (Å²) in [4.78, 5) is 21.0. The number of hydrogen-bond donors (Lipinski definition) is 1. The summed E-state index contributed by atoms with van der Waals surface area (Å²) in [6.45, 7) is 1.32. The number of carbonyl (C=O) groups is 1. The normalized spacial score (nSPS) is 9.07. The van der Waals surface area contributed by atoms with Gasteiger partial charge in [-0.05, 0) is 19.1 Å². The van der Waals surface area contributed by atoms with Crippen molar-refractivity contribution in [3.63, 3.8) is 0 Å². The predicted octanol–water partition coefficient (Wildman–Crippen LogP) is 1.69. The van der Waals surface area contributed by atoms with Gasteiger partial charge in [-0.3, -0.25) is 20.2 Å². The van der Waals surface area contributed by atoms with Gasteiger partial charge in [-0.15, -0.1) is 0 Å². The summed E-state index contributed by atoms with van der Waals surface area (Å²) in [5.74, 6) is -0.262. The molecule has 0 amide bonds. The standard InChI is InChI=1S/C9H7N3O3/c1-6(13)7-2-3-8(11-5-10)9(4-7)12(14)15/h2-4,11H,1H3. The highest BCUT2D eigenvalue weighted by Gasteiger charge is 2.15. The summed E-state index contributed by atoms with van der Waals surface area (Å²) in [7, 11) is 0. The molecular formula is C9H7N3O3. The maximum atomic E-state index is 11.0. The number of carbonyl (C=O) groups excluding carboxylic acids is 1. The molecule has 1 rings (SSSR count). The average molecular weight is 205 g/mol. The van der Waals surface area contributed by atoms with Crippen molar-refractivity contribution in [3.05, 3.63) is 33.9 Å². The zero-order valence-corrected chi connectivity index (χ0v) is 7.85. The summed E-state index contributed by atoms with van der Waals surface area (Å²) in [5, 5.41) is 21.1. The van der Waals surface area contributed by atoms with E-state index in [0.717, 1.165) is 6.07 Å². The maximum absolute atomic E-state index is 11.0. The molecule has 0 aliphatic carbocycles. The molecule has 0 fully saturated rings. The first-order chi connectivity index (χ1) is 7.06. The summed E-state index contributed by atoms with van der Waals surface area (Å²) >= 11 is 0. The van der Waals surface area contributed by atoms with Crippen LogP contribution in [0.15, 0.2) is 18.2 Å². The summed E-state index contributed by atoms with van der Waals surface area (Å²) < 4.78 is 0. The van der Waals surface area contributed by atoms with E-state index >= 15 is 0 Å². The van der Waals surface area contributed by atoms with Gasteiger partial charge in [-0.2, -0.15) is 5.26 Å². The van der Waals surface area contributed by atoms with E-state index in [2.05, 4.69) is 5.32 Å². The Hall–Kier alpha value is -2.42. The molecule has 0 aromatic heterocycles. The Balaban J connectivity index is 3.28. The van der Waals surface area contributed by atoms with Crippen LogP contribution in [0.4, 0.5) is 11.4 Å². The van der Waals surface area contributed by atoms with Gasteiger partial charge in [0.25, 0.3) is 5.69 Å². The van der Waals surface area contributed by atoms with Gasteiger partial charge < -0.3 is 0 Å². The summed E-state index contributed by atoms with van der Waals surface area (Å²) in [5.41, 5.74) is 0.0296. The lowest BCUT2D eigenvalue weighted by Crippen LogP contribution is -1.99. The maximum Gasteiger partial charge on any atom is 0.294 e. The van der Waals surface area contributed by atoms with Crippen LogP contribution in [0.2, 0.25) is 0 Å². The van der Waals surface area contributed by atoms with Crippen LogP contribution >= 0.6 is 0 Å². The zero-order chi connectivity index (χ0) is 11.4. The van der Waals surface area contributed by atoms with Gasteiger partial charge in [0.15, 0.2) is 12.0 Å². The van der Waals surface area contributed by atoms with Crippen LogP contribution in [0.1, 0.15) is 17.3 Å². The number of ketones is 1. The van der Waals surface area contributed by atoms with Crippen LogP contribution in [-0.2, 0) is 0 Å². The van der Waals surface area contributed by atoms with Gasteiger partial charge in [0, 0.05) is 11.6 Å². The number of nitrogens with zero attached hydrogens (tertiary/aromatic N) is 2. The number of Topliss-reactive ketones (excluding diaryl/α,β-unsaturated/α-hetero) is 1. The fourth-order valence-electron chi connectivity index (χ4n) is 1.07. The molecule has 1 N–H and O–H groups in total. The molecule has 0 aliphatic heterocycles. The minimum absolute atomic E-state index is 0.0764. The molecule has 0 saturated carbocycles. The van der Waals surface area contributed by atoms with Crippen LogP contribution in [0.25, 0.3) is 0 Å². The molecule has 1 aromatic rings. The first-order valence-corrected chi connectivity index (χ1v) is 4.00. The second kappa shape index (κ2) is 4.19. The third-order valence-electron chi connectivity index (χ3n) is 1.79. The molecule has 0 atom stereocenters. The van der Waals surface area contributed by atoms with E-state index in [-0.39, 0.29) is 22.7 Å². The molecule has 76 valence electrons. The second-order valence-electron chi connectivity index (χ2n) is 2.78. The SMILES string of the molecule is CC(=O)c1ccc(NC#N)c([N+](=O)[O-])c1. The van der Waals surface area contributed by atoms with Gasteiger partial charge in [0.05, 0.1) is 4.92 Å². The van der Waals surface area contributed by atoms with Crippen molar-refractivity contribution in [3.8, 4) is 6.19 Å². The van der Waals surface area contributed by atoms with Crippen LogP contribution in [0, 0.1) is 21.6 Å².